The van der Waals surface area contributed by atoms with Gasteiger partial charge in [0.2, 0.25) is 0 Å². The molecule has 0 spiro atoms. The van der Waals surface area contributed by atoms with E-state index in [4.69, 9.17) is 9.63 Å². The summed E-state index contributed by atoms with van der Waals surface area (Å²) in [5.41, 5.74) is 0.806. The monoisotopic (exact) mass is 245 g/mol. The average molecular weight is 245 g/mol. The van der Waals surface area contributed by atoms with Gasteiger partial charge in [-0.1, -0.05) is 23.4 Å². The van der Waals surface area contributed by atoms with Crippen molar-refractivity contribution in [3.05, 3.63) is 41.4 Å². The van der Waals surface area contributed by atoms with Crippen molar-refractivity contribution in [3.63, 3.8) is 0 Å². The van der Waals surface area contributed by atoms with Crippen LogP contribution in [0.3, 0.4) is 0 Å². The van der Waals surface area contributed by atoms with Gasteiger partial charge in [0.25, 0.3) is 0 Å². The Morgan fingerprint density at radius 1 is 1.35 bits per heavy atom. The Hall–Kier alpha value is -2.14. The van der Waals surface area contributed by atoms with Gasteiger partial charge in [-0.3, -0.25) is 0 Å². The predicted molar refractivity (Wildman–Crippen MR) is 64.3 cm³/mol. The number of carbonyl (C=O) groups is 1. The van der Waals surface area contributed by atoms with Crippen molar-refractivity contribution in [2.24, 2.45) is 0 Å². The van der Waals surface area contributed by atoms with E-state index in [0.717, 1.165) is 15.6 Å². The molecule has 17 heavy (non-hydrogen) atoms. The van der Waals surface area contributed by atoms with Gasteiger partial charge >= 0.3 is 5.97 Å². The number of carboxylic acid groups (broad SMARTS) is 1. The van der Waals surface area contributed by atoms with Crippen LogP contribution in [0.15, 0.2) is 40.2 Å². The van der Waals surface area contributed by atoms with Crippen molar-refractivity contribution in [2.75, 3.05) is 0 Å². The van der Waals surface area contributed by atoms with Gasteiger partial charge in [0.15, 0.2) is 11.5 Å². The standard InChI is InChI=1S/C12H7NO3S/c14-12(15)9-5-10(16-13-9)8-6-17-11-4-2-1-3-7(8)11/h1-6H,(H,14,15). The molecule has 0 radical (unpaired) electrons. The maximum Gasteiger partial charge on any atom is 0.358 e. The van der Waals surface area contributed by atoms with Gasteiger partial charge in [-0.2, -0.15) is 0 Å². The Balaban J connectivity index is 2.17. The van der Waals surface area contributed by atoms with E-state index in [9.17, 15) is 4.79 Å². The molecule has 1 N–H and O–H groups in total. The summed E-state index contributed by atoms with van der Waals surface area (Å²) in [6, 6.07) is 9.33. The maximum absolute atomic E-state index is 10.7. The molecular formula is C12H7NO3S. The number of nitrogens with zero attached hydrogens (tertiary/aromatic N) is 1. The second kappa shape index (κ2) is 3.71. The van der Waals surface area contributed by atoms with Crippen molar-refractivity contribution in [1.82, 2.24) is 5.16 Å². The lowest BCUT2D eigenvalue weighted by Crippen LogP contribution is -1.94. The summed E-state index contributed by atoms with van der Waals surface area (Å²) in [6.07, 6.45) is 0. The van der Waals surface area contributed by atoms with Gasteiger partial charge in [-0.25, -0.2) is 4.79 Å². The largest absolute Gasteiger partial charge is 0.476 e. The van der Waals surface area contributed by atoms with Crippen molar-refractivity contribution in [3.8, 4) is 11.3 Å². The lowest BCUT2D eigenvalue weighted by Gasteiger charge is -1.91. The summed E-state index contributed by atoms with van der Waals surface area (Å²) in [5, 5.41) is 15.3. The number of carboxylic acids is 1. The average Bonchev–Trinajstić information content (AvgIpc) is 2.95. The molecule has 0 saturated carbocycles. The molecule has 3 rings (SSSR count). The molecule has 0 aliphatic carbocycles. The van der Waals surface area contributed by atoms with E-state index in [2.05, 4.69) is 5.16 Å². The predicted octanol–water partition coefficient (Wildman–Crippen LogP) is 3.25. The normalized spacial score (nSPS) is 10.8. The van der Waals surface area contributed by atoms with Gasteiger partial charge < -0.3 is 9.63 Å². The highest BCUT2D eigenvalue weighted by Gasteiger charge is 2.14. The Labute approximate surface area is 100 Å². The zero-order chi connectivity index (χ0) is 11.8. The summed E-state index contributed by atoms with van der Waals surface area (Å²) in [4.78, 5) is 10.7. The Kier molecular flexibility index (Phi) is 2.19. The van der Waals surface area contributed by atoms with Crippen molar-refractivity contribution < 1.29 is 14.4 Å². The zero-order valence-electron chi connectivity index (χ0n) is 8.58. The molecule has 0 bridgehead atoms. The molecule has 0 unspecified atom stereocenters. The van der Waals surface area contributed by atoms with Crippen LogP contribution in [0.2, 0.25) is 0 Å². The molecule has 0 amide bonds. The van der Waals surface area contributed by atoms with Crippen LogP contribution in [0.5, 0.6) is 0 Å². The molecule has 2 heterocycles. The third-order valence-corrected chi connectivity index (χ3v) is 3.44. The first-order valence-corrected chi connectivity index (χ1v) is 5.80. The summed E-state index contributed by atoms with van der Waals surface area (Å²) in [5.74, 6) is -0.598. The van der Waals surface area contributed by atoms with Crippen LogP contribution < -0.4 is 0 Å². The summed E-state index contributed by atoms with van der Waals surface area (Å²) in [6.45, 7) is 0. The molecule has 0 atom stereocenters. The van der Waals surface area contributed by atoms with Gasteiger partial charge in [-0.05, 0) is 6.07 Å². The van der Waals surface area contributed by atoms with Crippen LogP contribution in [0.25, 0.3) is 21.4 Å². The van der Waals surface area contributed by atoms with Crippen LogP contribution in [-0.2, 0) is 0 Å². The van der Waals surface area contributed by atoms with E-state index >= 15 is 0 Å². The van der Waals surface area contributed by atoms with E-state index in [1.807, 2.05) is 29.6 Å². The second-order valence-electron chi connectivity index (χ2n) is 3.53. The molecule has 5 heteroatoms. The maximum atomic E-state index is 10.7. The summed E-state index contributed by atoms with van der Waals surface area (Å²) in [7, 11) is 0. The van der Waals surface area contributed by atoms with E-state index in [1.54, 1.807) is 11.3 Å². The van der Waals surface area contributed by atoms with Crippen molar-refractivity contribution >= 4 is 27.4 Å². The minimum absolute atomic E-state index is 0.0738. The molecule has 0 aliphatic heterocycles. The van der Waals surface area contributed by atoms with Crippen LogP contribution in [0.1, 0.15) is 10.5 Å². The highest BCUT2D eigenvalue weighted by molar-refractivity contribution is 7.17. The first kappa shape index (κ1) is 10.0. The summed E-state index contributed by atoms with van der Waals surface area (Å²) < 4.78 is 6.19. The van der Waals surface area contributed by atoms with Crippen LogP contribution in [-0.4, -0.2) is 16.2 Å². The molecule has 84 valence electrons. The fraction of sp³-hybridized carbons (Fsp3) is 0. The minimum atomic E-state index is -1.08. The van der Waals surface area contributed by atoms with Crippen LogP contribution in [0.4, 0.5) is 0 Å². The number of aromatic carboxylic acids is 1. The van der Waals surface area contributed by atoms with Crippen molar-refractivity contribution in [1.29, 1.82) is 0 Å². The Bertz CT molecular complexity index is 698. The van der Waals surface area contributed by atoms with Crippen LogP contribution in [0, 0.1) is 0 Å². The molecule has 3 aromatic rings. The van der Waals surface area contributed by atoms with Gasteiger partial charge in [0, 0.05) is 27.1 Å². The number of benzene rings is 1. The highest BCUT2D eigenvalue weighted by atomic mass is 32.1. The SMILES string of the molecule is O=C(O)c1cc(-c2csc3ccccc23)on1. The summed E-state index contributed by atoms with van der Waals surface area (Å²) >= 11 is 1.59. The number of hydrogen-bond acceptors (Lipinski definition) is 4. The van der Waals surface area contributed by atoms with E-state index in [-0.39, 0.29) is 5.69 Å². The quantitative estimate of drug-likeness (QED) is 0.752. The minimum Gasteiger partial charge on any atom is -0.476 e. The Morgan fingerprint density at radius 3 is 2.94 bits per heavy atom. The molecule has 1 aromatic carbocycles. The smallest absolute Gasteiger partial charge is 0.358 e. The number of aromatic nitrogens is 1. The third-order valence-electron chi connectivity index (χ3n) is 2.48. The van der Waals surface area contributed by atoms with Crippen LogP contribution >= 0.6 is 11.3 Å². The number of hydrogen-bond donors (Lipinski definition) is 1. The Morgan fingerprint density at radius 2 is 2.18 bits per heavy atom. The van der Waals surface area contributed by atoms with E-state index < -0.39 is 5.97 Å². The number of thiophene rings is 1. The number of rotatable bonds is 2. The first-order chi connectivity index (χ1) is 8.25. The molecule has 0 fully saturated rings. The fourth-order valence-electron chi connectivity index (χ4n) is 1.67. The van der Waals surface area contributed by atoms with Gasteiger partial charge in [0.05, 0.1) is 0 Å². The molecule has 4 nitrogen and oxygen atoms in total. The van der Waals surface area contributed by atoms with E-state index in [0.29, 0.717) is 5.76 Å². The highest BCUT2D eigenvalue weighted by Crippen LogP contribution is 2.33. The fourth-order valence-corrected chi connectivity index (χ4v) is 2.62. The second-order valence-corrected chi connectivity index (χ2v) is 4.44. The lowest BCUT2D eigenvalue weighted by molar-refractivity contribution is 0.0686. The topological polar surface area (TPSA) is 63.3 Å². The molecule has 0 saturated heterocycles. The molecular weight excluding hydrogens is 238 g/mol. The zero-order valence-corrected chi connectivity index (χ0v) is 9.40. The molecule has 0 aliphatic rings. The van der Waals surface area contributed by atoms with E-state index in [1.165, 1.54) is 6.07 Å². The van der Waals surface area contributed by atoms with Gasteiger partial charge in [0.1, 0.15) is 0 Å². The lowest BCUT2D eigenvalue weighted by atomic mass is 10.1. The van der Waals surface area contributed by atoms with Crippen molar-refractivity contribution in [2.45, 2.75) is 0 Å². The number of fused-ring (bicyclic) bond motifs is 1. The third kappa shape index (κ3) is 1.60. The molecule has 2 aromatic heterocycles. The first-order valence-electron chi connectivity index (χ1n) is 4.92. The van der Waals surface area contributed by atoms with Gasteiger partial charge in [-0.15, -0.1) is 11.3 Å².